The predicted octanol–water partition coefficient (Wildman–Crippen LogP) is 2.63. The molecule has 3 nitrogen and oxygen atoms in total. The van der Waals surface area contributed by atoms with Crippen molar-refractivity contribution in [2.24, 2.45) is 0 Å². The maximum Gasteiger partial charge on any atom is 0.122 e. The van der Waals surface area contributed by atoms with Gasteiger partial charge in [0.15, 0.2) is 0 Å². The molecule has 2 atom stereocenters. The first kappa shape index (κ1) is 13.9. The van der Waals surface area contributed by atoms with Gasteiger partial charge in [0.05, 0.1) is 6.61 Å². The number of hydrogen-bond donors (Lipinski definition) is 1. The molecule has 0 aliphatic carbocycles. The van der Waals surface area contributed by atoms with Crippen molar-refractivity contribution in [1.82, 2.24) is 10.2 Å². The van der Waals surface area contributed by atoms with Crippen molar-refractivity contribution >= 4 is 0 Å². The number of para-hydroxylation sites is 1. The van der Waals surface area contributed by atoms with Crippen LogP contribution in [-0.2, 0) is 0 Å². The van der Waals surface area contributed by atoms with Crippen LogP contribution in [0.15, 0.2) is 24.3 Å². The lowest BCUT2D eigenvalue weighted by molar-refractivity contribution is 0.208. The Hall–Kier alpha value is -1.06. The van der Waals surface area contributed by atoms with Gasteiger partial charge in [0.25, 0.3) is 0 Å². The molecule has 3 rings (SSSR count). The molecule has 0 radical (unpaired) electrons. The minimum atomic E-state index is 0.537. The molecule has 1 fully saturated rings. The first-order valence-electron chi connectivity index (χ1n) is 8.04. The minimum Gasteiger partial charge on any atom is -0.493 e. The van der Waals surface area contributed by atoms with Gasteiger partial charge in [0.1, 0.15) is 5.75 Å². The molecule has 1 N–H and O–H groups in total. The van der Waals surface area contributed by atoms with Gasteiger partial charge in [0, 0.05) is 30.6 Å². The second-order valence-electron chi connectivity index (χ2n) is 6.04. The van der Waals surface area contributed by atoms with E-state index >= 15 is 0 Å². The number of likely N-dealkylation sites (N-methyl/N-ethyl adjacent to an activating group) is 1. The summed E-state index contributed by atoms with van der Waals surface area (Å²) in [5, 5.41) is 3.66. The van der Waals surface area contributed by atoms with Crippen molar-refractivity contribution in [3.8, 4) is 5.75 Å². The summed E-state index contributed by atoms with van der Waals surface area (Å²) in [6.07, 6.45) is 4.05. The zero-order chi connectivity index (χ0) is 13.8. The smallest absolute Gasteiger partial charge is 0.122 e. The summed E-state index contributed by atoms with van der Waals surface area (Å²) in [6, 6.07) is 9.18. The van der Waals surface area contributed by atoms with Gasteiger partial charge in [-0.1, -0.05) is 31.5 Å². The van der Waals surface area contributed by atoms with Crippen molar-refractivity contribution < 1.29 is 4.74 Å². The number of hydrogen-bond acceptors (Lipinski definition) is 3. The van der Waals surface area contributed by atoms with E-state index in [9.17, 15) is 0 Å². The standard InChI is InChI=1S/C17H26N2O/c1-2-19(12-15-7-5-6-10-18-15)11-14-13-20-17-9-4-3-8-16(14)17/h3-4,8-9,14-15,18H,2,5-7,10-13H2,1H3. The summed E-state index contributed by atoms with van der Waals surface area (Å²) in [6.45, 7) is 7.72. The summed E-state index contributed by atoms with van der Waals surface area (Å²) in [5.74, 6) is 1.62. The lowest BCUT2D eigenvalue weighted by Crippen LogP contribution is -2.44. The van der Waals surface area contributed by atoms with Gasteiger partial charge in [0.2, 0.25) is 0 Å². The number of piperidine rings is 1. The molecule has 0 spiro atoms. The monoisotopic (exact) mass is 274 g/mol. The maximum atomic E-state index is 5.80. The molecule has 1 aromatic rings. The number of nitrogens with one attached hydrogen (secondary N) is 1. The SMILES string of the molecule is CCN(CC1CCCCN1)CC1COc2ccccc21. The Morgan fingerprint density at radius 1 is 1.25 bits per heavy atom. The Morgan fingerprint density at radius 2 is 2.15 bits per heavy atom. The number of ether oxygens (including phenoxy) is 1. The molecular weight excluding hydrogens is 248 g/mol. The quantitative estimate of drug-likeness (QED) is 0.893. The zero-order valence-electron chi connectivity index (χ0n) is 12.5. The fourth-order valence-electron chi connectivity index (χ4n) is 3.42. The van der Waals surface area contributed by atoms with E-state index in [2.05, 4.69) is 41.4 Å². The second kappa shape index (κ2) is 6.59. The zero-order valence-corrected chi connectivity index (χ0v) is 12.5. The van der Waals surface area contributed by atoms with Crippen LogP contribution >= 0.6 is 0 Å². The minimum absolute atomic E-state index is 0.537. The fraction of sp³-hybridized carbons (Fsp3) is 0.647. The van der Waals surface area contributed by atoms with E-state index in [-0.39, 0.29) is 0 Å². The van der Waals surface area contributed by atoms with Gasteiger partial charge in [-0.25, -0.2) is 0 Å². The predicted molar refractivity (Wildman–Crippen MR) is 82.4 cm³/mol. The van der Waals surface area contributed by atoms with Gasteiger partial charge >= 0.3 is 0 Å². The molecule has 0 aromatic heterocycles. The van der Waals surface area contributed by atoms with E-state index in [4.69, 9.17) is 4.74 Å². The molecule has 0 bridgehead atoms. The Labute approximate surface area is 122 Å². The average molecular weight is 274 g/mol. The Balaban J connectivity index is 1.58. The lowest BCUT2D eigenvalue weighted by atomic mass is 9.99. The van der Waals surface area contributed by atoms with Crippen LogP contribution < -0.4 is 10.1 Å². The first-order valence-corrected chi connectivity index (χ1v) is 8.04. The fourth-order valence-corrected chi connectivity index (χ4v) is 3.42. The molecule has 0 amide bonds. The van der Waals surface area contributed by atoms with E-state index in [0.29, 0.717) is 12.0 Å². The molecular formula is C17H26N2O. The van der Waals surface area contributed by atoms with Gasteiger partial charge in [-0.05, 0) is 32.0 Å². The number of nitrogens with zero attached hydrogens (tertiary/aromatic N) is 1. The third-order valence-electron chi connectivity index (χ3n) is 4.62. The van der Waals surface area contributed by atoms with Crippen LogP contribution in [0, 0.1) is 0 Å². The van der Waals surface area contributed by atoms with E-state index in [1.165, 1.54) is 37.9 Å². The van der Waals surface area contributed by atoms with Crippen LogP contribution in [0.4, 0.5) is 0 Å². The molecule has 2 aliphatic rings. The lowest BCUT2D eigenvalue weighted by Gasteiger charge is -2.31. The van der Waals surface area contributed by atoms with E-state index in [1.807, 2.05) is 0 Å². The van der Waals surface area contributed by atoms with Crippen LogP contribution in [0.3, 0.4) is 0 Å². The van der Waals surface area contributed by atoms with Crippen molar-refractivity contribution in [2.45, 2.75) is 38.1 Å². The molecule has 110 valence electrons. The molecule has 2 unspecified atom stereocenters. The van der Waals surface area contributed by atoms with E-state index in [0.717, 1.165) is 25.4 Å². The number of rotatable bonds is 5. The van der Waals surface area contributed by atoms with Crippen LogP contribution in [0.1, 0.15) is 37.7 Å². The average Bonchev–Trinajstić information content (AvgIpc) is 2.91. The maximum absolute atomic E-state index is 5.80. The topological polar surface area (TPSA) is 24.5 Å². The Kier molecular flexibility index (Phi) is 4.58. The van der Waals surface area contributed by atoms with Crippen LogP contribution in [0.25, 0.3) is 0 Å². The molecule has 1 aromatic carbocycles. The van der Waals surface area contributed by atoms with E-state index < -0.39 is 0 Å². The summed E-state index contributed by atoms with van der Waals surface area (Å²) in [5.41, 5.74) is 1.39. The largest absolute Gasteiger partial charge is 0.493 e. The highest BCUT2D eigenvalue weighted by Crippen LogP contribution is 2.33. The Morgan fingerprint density at radius 3 is 2.95 bits per heavy atom. The van der Waals surface area contributed by atoms with Crippen LogP contribution in [-0.4, -0.2) is 43.7 Å². The summed E-state index contributed by atoms with van der Waals surface area (Å²) >= 11 is 0. The van der Waals surface area contributed by atoms with Crippen molar-refractivity contribution in [3.63, 3.8) is 0 Å². The Bertz CT molecular complexity index is 429. The molecule has 20 heavy (non-hydrogen) atoms. The normalized spacial score (nSPS) is 25.5. The molecule has 1 saturated heterocycles. The molecule has 0 saturated carbocycles. The van der Waals surface area contributed by atoms with Gasteiger partial charge < -0.3 is 15.0 Å². The first-order chi connectivity index (χ1) is 9.86. The third-order valence-corrected chi connectivity index (χ3v) is 4.62. The van der Waals surface area contributed by atoms with Gasteiger partial charge in [-0.2, -0.15) is 0 Å². The highest BCUT2D eigenvalue weighted by Gasteiger charge is 2.26. The van der Waals surface area contributed by atoms with Gasteiger partial charge in [-0.3, -0.25) is 0 Å². The highest BCUT2D eigenvalue weighted by molar-refractivity contribution is 5.39. The second-order valence-corrected chi connectivity index (χ2v) is 6.04. The van der Waals surface area contributed by atoms with Gasteiger partial charge in [-0.15, -0.1) is 0 Å². The molecule has 3 heteroatoms. The summed E-state index contributed by atoms with van der Waals surface area (Å²) in [7, 11) is 0. The van der Waals surface area contributed by atoms with Crippen molar-refractivity contribution in [1.29, 1.82) is 0 Å². The summed E-state index contributed by atoms with van der Waals surface area (Å²) in [4.78, 5) is 2.58. The highest BCUT2D eigenvalue weighted by atomic mass is 16.5. The summed E-state index contributed by atoms with van der Waals surface area (Å²) < 4.78 is 5.80. The van der Waals surface area contributed by atoms with Crippen molar-refractivity contribution in [3.05, 3.63) is 29.8 Å². The van der Waals surface area contributed by atoms with Crippen LogP contribution in [0.2, 0.25) is 0 Å². The number of benzene rings is 1. The van der Waals surface area contributed by atoms with Crippen molar-refractivity contribution in [2.75, 3.05) is 32.8 Å². The van der Waals surface area contributed by atoms with Crippen LogP contribution in [0.5, 0.6) is 5.75 Å². The van der Waals surface area contributed by atoms with E-state index in [1.54, 1.807) is 0 Å². The molecule has 2 aliphatic heterocycles. The molecule has 2 heterocycles. The third kappa shape index (κ3) is 3.15. The number of fused-ring (bicyclic) bond motifs is 1.